The fourth-order valence-electron chi connectivity index (χ4n) is 1.66. The standard InChI is InChI=1S/C15H22N2O2/c1-5-7-8-9-10-19-15-12(4)16-14(11(3)17-15)13(18)6-2/h7-8H,5-6,9-10H2,1-4H3. The summed E-state index contributed by atoms with van der Waals surface area (Å²) in [5.41, 5.74) is 1.76. The topological polar surface area (TPSA) is 52.1 Å². The van der Waals surface area contributed by atoms with Crippen LogP contribution in [0.5, 0.6) is 5.88 Å². The van der Waals surface area contributed by atoms with E-state index in [1.165, 1.54) is 0 Å². The minimum atomic E-state index is 0.0190. The van der Waals surface area contributed by atoms with Gasteiger partial charge in [-0.1, -0.05) is 26.0 Å². The molecule has 0 unspecified atom stereocenters. The van der Waals surface area contributed by atoms with Gasteiger partial charge in [0.2, 0.25) is 5.88 Å². The molecule has 4 heteroatoms. The Morgan fingerprint density at radius 3 is 2.53 bits per heavy atom. The second-order valence-corrected chi connectivity index (χ2v) is 4.34. The van der Waals surface area contributed by atoms with Gasteiger partial charge >= 0.3 is 0 Å². The third kappa shape index (κ3) is 4.47. The summed E-state index contributed by atoms with van der Waals surface area (Å²) in [6, 6.07) is 0. The van der Waals surface area contributed by atoms with Crippen LogP contribution in [0.25, 0.3) is 0 Å². The average molecular weight is 262 g/mol. The highest BCUT2D eigenvalue weighted by molar-refractivity contribution is 5.95. The molecular formula is C15H22N2O2. The molecule has 104 valence electrons. The number of Topliss-reactive ketones (excluding diaryl/α,β-unsaturated/α-hetero) is 1. The Balaban J connectivity index is 2.73. The number of carbonyl (C=O) groups is 1. The highest BCUT2D eigenvalue weighted by Gasteiger charge is 2.14. The summed E-state index contributed by atoms with van der Waals surface area (Å²) >= 11 is 0. The Labute approximate surface area is 114 Å². The first-order chi connectivity index (χ1) is 9.10. The summed E-state index contributed by atoms with van der Waals surface area (Å²) in [6.07, 6.45) is 6.52. The highest BCUT2D eigenvalue weighted by Crippen LogP contribution is 2.16. The van der Waals surface area contributed by atoms with Crippen molar-refractivity contribution in [3.63, 3.8) is 0 Å². The van der Waals surface area contributed by atoms with Gasteiger partial charge in [0.05, 0.1) is 12.3 Å². The minimum absolute atomic E-state index is 0.0190. The normalized spacial score (nSPS) is 10.9. The predicted octanol–water partition coefficient (Wildman–Crippen LogP) is 3.42. The lowest BCUT2D eigenvalue weighted by molar-refractivity contribution is 0.0982. The first-order valence-corrected chi connectivity index (χ1v) is 6.76. The van der Waals surface area contributed by atoms with Crippen LogP contribution in [0.15, 0.2) is 12.2 Å². The van der Waals surface area contributed by atoms with E-state index in [1.54, 1.807) is 6.92 Å². The van der Waals surface area contributed by atoms with Crippen molar-refractivity contribution in [3.05, 3.63) is 29.2 Å². The molecule has 1 rings (SSSR count). The quantitative estimate of drug-likeness (QED) is 0.429. The van der Waals surface area contributed by atoms with E-state index in [-0.39, 0.29) is 5.78 Å². The van der Waals surface area contributed by atoms with Crippen LogP contribution in [0, 0.1) is 13.8 Å². The van der Waals surface area contributed by atoms with Crippen molar-refractivity contribution in [2.24, 2.45) is 0 Å². The van der Waals surface area contributed by atoms with Crippen molar-refractivity contribution in [2.75, 3.05) is 6.61 Å². The Morgan fingerprint density at radius 2 is 1.89 bits per heavy atom. The fourth-order valence-corrected chi connectivity index (χ4v) is 1.66. The molecule has 1 aromatic heterocycles. The zero-order valence-corrected chi connectivity index (χ0v) is 12.2. The second-order valence-electron chi connectivity index (χ2n) is 4.34. The number of rotatable bonds is 7. The first-order valence-electron chi connectivity index (χ1n) is 6.76. The zero-order valence-electron chi connectivity index (χ0n) is 12.2. The number of hydrogen-bond acceptors (Lipinski definition) is 4. The molecule has 0 fully saturated rings. The average Bonchev–Trinajstić information content (AvgIpc) is 2.41. The van der Waals surface area contributed by atoms with Crippen molar-refractivity contribution >= 4 is 5.78 Å². The molecule has 0 aliphatic heterocycles. The molecule has 0 spiro atoms. The lowest BCUT2D eigenvalue weighted by Crippen LogP contribution is -2.10. The van der Waals surface area contributed by atoms with E-state index in [9.17, 15) is 4.79 Å². The molecule has 0 aliphatic carbocycles. The second kappa shape index (κ2) is 7.67. The van der Waals surface area contributed by atoms with Crippen LogP contribution in [0.3, 0.4) is 0 Å². The Kier molecular flexibility index (Phi) is 6.19. The summed E-state index contributed by atoms with van der Waals surface area (Å²) in [5.74, 6) is 0.542. The number of nitrogens with zero attached hydrogens (tertiary/aromatic N) is 2. The van der Waals surface area contributed by atoms with Crippen molar-refractivity contribution in [2.45, 2.75) is 47.0 Å². The molecule has 4 nitrogen and oxygen atoms in total. The van der Waals surface area contributed by atoms with Crippen LogP contribution >= 0.6 is 0 Å². The Hall–Kier alpha value is -1.71. The highest BCUT2D eigenvalue weighted by atomic mass is 16.5. The van der Waals surface area contributed by atoms with E-state index in [0.29, 0.717) is 36.0 Å². The van der Waals surface area contributed by atoms with Gasteiger partial charge in [0.15, 0.2) is 5.78 Å². The predicted molar refractivity (Wildman–Crippen MR) is 75.7 cm³/mol. The number of aryl methyl sites for hydroxylation is 2. The van der Waals surface area contributed by atoms with E-state index in [4.69, 9.17) is 4.74 Å². The van der Waals surface area contributed by atoms with Crippen LogP contribution in [0.1, 0.15) is 55.0 Å². The first kappa shape index (κ1) is 15.3. The van der Waals surface area contributed by atoms with E-state index in [0.717, 1.165) is 12.8 Å². The van der Waals surface area contributed by atoms with Crippen LogP contribution in [-0.2, 0) is 0 Å². The van der Waals surface area contributed by atoms with Crippen LogP contribution < -0.4 is 4.74 Å². The molecule has 0 amide bonds. The molecule has 0 N–H and O–H groups in total. The summed E-state index contributed by atoms with van der Waals surface area (Å²) in [7, 11) is 0. The summed E-state index contributed by atoms with van der Waals surface area (Å²) in [5, 5.41) is 0. The van der Waals surface area contributed by atoms with Crippen molar-refractivity contribution in [1.29, 1.82) is 0 Å². The van der Waals surface area contributed by atoms with E-state index < -0.39 is 0 Å². The molecule has 1 heterocycles. The van der Waals surface area contributed by atoms with Gasteiger partial charge in [-0.25, -0.2) is 9.97 Å². The Morgan fingerprint density at radius 1 is 1.16 bits per heavy atom. The fraction of sp³-hybridized carbons (Fsp3) is 0.533. The van der Waals surface area contributed by atoms with E-state index >= 15 is 0 Å². The smallest absolute Gasteiger partial charge is 0.235 e. The van der Waals surface area contributed by atoms with Gasteiger partial charge < -0.3 is 4.74 Å². The number of allylic oxidation sites excluding steroid dienone is 1. The van der Waals surface area contributed by atoms with E-state index in [2.05, 4.69) is 29.0 Å². The SMILES string of the molecule is CCC=CCCOc1nc(C)c(C(=O)CC)nc1C. The zero-order chi connectivity index (χ0) is 14.3. The van der Waals surface area contributed by atoms with Crippen LogP contribution in [0.4, 0.5) is 0 Å². The van der Waals surface area contributed by atoms with Crippen LogP contribution in [0.2, 0.25) is 0 Å². The molecule has 0 aliphatic rings. The maximum atomic E-state index is 11.7. The van der Waals surface area contributed by atoms with Gasteiger partial charge in [-0.3, -0.25) is 4.79 Å². The maximum absolute atomic E-state index is 11.7. The van der Waals surface area contributed by atoms with Crippen molar-refractivity contribution in [1.82, 2.24) is 9.97 Å². The maximum Gasteiger partial charge on any atom is 0.235 e. The summed E-state index contributed by atoms with van der Waals surface area (Å²) in [4.78, 5) is 20.3. The number of hydrogen-bond donors (Lipinski definition) is 0. The molecular weight excluding hydrogens is 240 g/mol. The monoisotopic (exact) mass is 262 g/mol. The number of ketones is 1. The molecule has 19 heavy (non-hydrogen) atoms. The molecule has 1 aromatic rings. The molecule has 0 atom stereocenters. The third-order valence-corrected chi connectivity index (χ3v) is 2.71. The lowest BCUT2D eigenvalue weighted by Gasteiger charge is -2.09. The van der Waals surface area contributed by atoms with Crippen molar-refractivity contribution < 1.29 is 9.53 Å². The number of ether oxygens (including phenoxy) is 1. The number of aromatic nitrogens is 2. The van der Waals surface area contributed by atoms with Gasteiger partial charge in [0.1, 0.15) is 11.4 Å². The molecule has 0 saturated heterocycles. The van der Waals surface area contributed by atoms with Crippen molar-refractivity contribution in [3.8, 4) is 5.88 Å². The minimum Gasteiger partial charge on any atom is -0.476 e. The third-order valence-electron chi connectivity index (χ3n) is 2.71. The molecule has 0 radical (unpaired) electrons. The van der Waals surface area contributed by atoms with Gasteiger partial charge in [-0.05, 0) is 26.7 Å². The number of carbonyl (C=O) groups excluding carboxylic acids is 1. The van der Waals surface area contributed by atoms with Gasteiger partial charge in [-0.2, -0.15) is 0 Å². The molecule has 0 bridgehead atoms. The lowest BCUT2D eigenvalue weighted by atomic mass is 10.2. The summed E-state index contributed by atoms with van der Waals surface area (Å²) < 4.78 is 5.60. The van der Waals surface area contributed by atoms with Gasteiger partial charge in [0, 0.05) is 6.42 Å². The molecule has 0 aromatic carbocycles. The van der Waals surface area contributed by atoms with Crippen LogP contribution in [-0.4, -0.2) is 22.4 Å². The van der Waals surface area contributed by atoms with Gasteiger partial charge in [0.25, 0.3) is 0 Å². The largest absolute Gasteiger partial charge is 0.476 e. The summed E-state index contributed by atoms with van der Waals surface area (Å²) in [6.45, 7) is 8.10. The Bertz CT molecular complexity index is 467. The molecule has 0 saturated carbocycles. The van der Waals surface area contributed by atoms with E-state index in [1.807, 2.05) is 13.8 Å². The van der Waals surface area contributed by atoms with Gasteiger partial charge in [-0.15, -0.1) is 0 Å².